The maximum Gasteiger partial charge on any atom is 0.408 e. The number of hydrogen-bond acceptors (Lipinski definition) is 8. The minimum Gasteiger partial charge on any atom is -0.444 e. The number of halogens is 1. The smallest absolute Gasteiger partial charge is 0.408 e. The Morgan fingerprint density at radius 2 is 1.73 bits per heavy atom. The van der Waals surface area contributed by atoms with Crippen molar-refractivity contribution in [2.75, 3.05) is 6.54 Å². The number of rotatable bonds is 6. The van der Waals surface area contributed by atoms with E-state index < -0.39 is 80.2 Å². The zero-order valence-electron chi connectivity index (χ0n) is 27.4. The molecule has 262 valence electrons. The van der Waals surface area contributed by atoms with E-state index in [1.54, 1.807) is 45.0 Å². The molecule has 3 fully saturated rings. The largest absolute Gasteiger partial charge is 0.444 e. The molecule has 0 radical (unpaired) electrons. The number of ether oxygens (including phenoxy) is 1. The fraction of sp³-hybridized carbons (Fsp3) is 0.606. The van der Waals surface area contributed by atoms with Gasteiger partial charge in [0.1, 0.15) is 23.2 Å². The highest BCUT2D eigenvalue weighted by atomic mass is 35.5. The first kappa shape index (κ1) is 35.7. The molecule has 5 amide bonds. The van der Waals surface area contributed by atoms with Crippen LogP contribution in [0.25, 0.3) is 0 Å². The third-order valence-electron chi connectivity index (χ3n) is 9.01. The summed E-state index contributed by atoms with van der Waals surface area (Å²) < 4.78 is 33.0. The fourth-order valence-corrected chi connectivity index (χ4v) is 7.71. The van der Waals surface area contributed by atoms with Gasteiger partial charge in [0.15, 0.2) is 0 Å². The molecular weight excluding hydrogens is 662 g/mol. The summed E-state index contributed by atoms with van der Waals surface area (Å²) in [5.41, 5.74) is -1.98. The van der Waals surface area contributed by atoms with Gasteiger partial charge in [-0.3, -0.25) is 23.9 Å². The van der Waals surface area contributed by atoms with Crippen molar-refractivity contribution in [2.45, 2.75) is 113 Å². The zero-order chi connectivity index (χ0) is 34.9. The van der Waals surface area contributed by atoms with Crippen LogP contribution in [-0.2, 0) is 29.1 Å². The second-order valence-electron chi connectivity index (χ2n) is 14.1. The standard InChI is InChI=1S/C33H44ClN5O8S/c1-32(2,3)47-31(44)36-25-10-8-6-4-5-7-9-21-18-33(21,30(43)38-48(45,46)24-15-16-24)37-28(41)26-17-23(19-39(26)29(25)42)35-27(40)20-11-13-22(34)14-12-20/h7,9,11-14,21,23-26H,4-6,8,10,15-19H2,1-3H3,(H,35,40)(H,36,44)(H,37,41)(H,38,43)/b9-7-/t21-,23+,25-,26-,33+/m0/s1. The minimum absolute atomic E-state index is 0.0225. The number of allylic oxidation sites excluding steroid dienone is 1. The highest BCUT2D eigenvalue weighted by molar-refractivity contribution is 7.91. The second-order valence-corrected chi connectivity index (χ2v) is 16.5. The van der Waals surface area contributed by atoms with Gasteiger partial charge in [-0.2, -0.15) is 0 Å². The van der Waals surface area contributed by atoms with Crippen LogP contribution in [-0.4, -0.2) is 84.1 Å². The molecule has 5 atom stereocenters. The minimum atomic E-state index is -3.89. The average molecular weight is 706 g/mol. The van der Waals surface area contributed by atoms with Crippen molar-refractivity contribution in [3.63, 3.8) is 0 Å². The van der Waals surface area contributed by atoms with Crippen molar-refractivity contribution in [2.24, 2.45) is 5.92 Å². The topological polar surface area (TPSA) is 180 Å². The summed E-state index contributed by atoms with van der Waals surface area (Å²) in [6.45, 7) is 5.09. The number of sulfonamides is 1. The Labute approximate surface area is 286 Å². The molecule has 1 aromatic carbocycles. The summed E-state index contributed by atoms with van der Waals surface area (Å²) in [5.74, 6) is -2.86. The molecule has 48 heavy (non-hydrogen) atoms. The van der Waals surface area contributed by atoms with Gasteiger partial charge in [0.2, 0.25) is 21.8 Å². The number of alkyl carbamates (subject to hydrolysis) is 1. The lowest BCUT2D eigenvalue weighted by Gasteiger charge is -2.30. The predicted molar refractivity (Wildman–Crippen MR) is 177 cm³/mol. The lowest BCUT2D eigenvalue weighted by atomic mass is 10.0. The lowest BCUT2D eigenvalue weighted by molar-refractivity contribution is -0.141. The molecule has 2 aliphatic heterocycles. The van der Waals surface area contributed by atoms with E-state index in [4.69, 9.17) is 16.3 Å². The highest BCUT2D eigenvalue weighted by Crippen LogP contribution is 2.46. The zero-order valence-corrected chi connectivity index (χ0v) is 29.0. The maximum absolute atomic E-state index is 14.2. The first-order chi connectivity index (χ1) is 22.6. The van der Waals surface area contributed by atoms with Crippen molar-refractivity contribution in [3.8, 4) is 0 Å². The van der Waals surface area contributed by atoms with Gasteiger partial charge in [-0.1, -0.05) is 36.6 Å². The van der Waals surface area contributed by atoms with Gasteiger partial charge in [0.25, 0.3) is 11.8 Å². The second kappa shape index (κ2) is 14.1. The Morgan fingerprint density at radius 3 is 2.40 bits per heavy atom. The van der Waals surface area contributed by atoms with E-state index in [0.717, 1.165) is 12.8 Å². The summed E-state index contributed by atoms with van der Waals surface area (Å²) >= 11 is 5.97. The van der Waals surface area contributed by atoms with Gasteiger partial charge >= 0.3 is 6.09 Å². The first-order valence-corrected chi connectivity index (χ1v) is 18.4. The fourth-order valence-electron chi connectivity index (χ4n) is 6.22. The van der Waals surface area contributed by atoms with Gasteiger partial charge in [0, 0.05) is 29.1 Å². The number of carbonyl (C=O) groups is 5. The number of nitrogens with one attached hydrogen (secondary N) is 4. The van der Waals surface area contributed by atoms with E-state index in [1.807, 2.05) is 12.2 Å². The van der Waals surface area contributed by atoms with E-state index in [2.05, 4.69) is 20.7 Å². The highest BCUT2D eigenvalue weighted by Gasteiger charge is 2.62. The Balaban J connectivity index is 1.42. The first-order valence-electron chi connectivity index (χ1n) is 16.5. The third-order valence-corrected chi connectivity index (χ3v) is 11.1. The van der Waals surface area contributed by atoms with E-state index in [0.29, 0.717) is 42.7 Å². The molecule has 0 aromatic heterocycles. The molecule has 5 rings (SSSR count). The Bertz CT molecular complexity index is 1570. The van der Waals surface area contributed by atoms with Crippen molar-refractivity contribution in [1.82, 2.24) is 25.6 Å². The quantitative estimate of drug-likeness (QED) is 0.326. The van der Waals surface area contributed by atoms with Crippen molar-refractivity contribution < 1.29 is 37.1 Å². The van der Waals surface area contributed by atoms with Crippen LogP contribution in [0.15, 0.2) is 36.4 Å². The normalized spacial score (nSPS) is 28.8. The number of benzene rings is 1. The number of hydrogen-bond donors (Lipinski definition) is 4. The number of nitrogens with zero attached hydrogens (tertiary/aromatic N) is 1. The van der Waals surface area contributed by atoms with Gasteiger partial charge in [-0.15, -0.1) is 0 Å². The molecular formula is C33H44ClN5O8S. The molecule has 15 heteroatoms. The molecule has 0 spiro atoms. The monoisotopic (exact) mass is 705 g/mol. The Kier molecular flexibility index (Phi) is 10.4. The van der Waals surface area contributed by atoms with Crippen LogP contribution in [0.5, 0.6) is 0 Å². The van der Waals surface area contributed by atoms with Crippen LogP contribution in [0, 0.1) is 5.92 Å². The van der Waals surface area contributed by atoms with Crippen LogP contribution in [0.2, 0.25) is 5.02 Å². The number of amides is 5. The Morgan fingerprint density at radius 1 is 1.02 bits per heavy atom. The van der Waals surface area contributed by atoms with Crippen LogP contribution in [0.4, 0.5) is 4.79 Å². The third kappa shape index (κ3) is 8.68. The molecule has 0 bridgehead atoms. The molecule has 0 unspecified atom stereocenters. The van der Waals surface area contributed by atoms with E-state index >= 15 is 0 Å². The van der Waals surface area contributed by atoms with Crippen LogP contribution in [0.3, 0.4) is 0 Å². The molecule has 2 saturated carbocycles. The van der Waals surface area contributed by atoms with Crippen molar-refractivity contribution in [1.29, 1.82) is 0 Å². The summed E-state index contributed by atoms with van der Waals surface area (Å²) in [5, 5.41) is 8.21. The van der Waals surface area contributed by atoms with Crippen molar-refractivity contribution in [3.05, 3.63) is 47.0 Å². The summed E-state index contributed by atoms with van der Waals surface area (Å²) in [4.78, 5) is 69.1. The summed E-state index contributed by atoms with van der Waals surface area (Å²) in [7, 11) is -3.89. The number of fused-ring (bicyclic) bond motifs is 2. The van der Waals surface area contributed by atoms with E-state index in [-0.39, 0.29) is 19.4 Å². The van der Waals surface area contributed by atoms with E-state index in [9.17, 15) is 32.4 Å². The SMILES string of the molecule is CC(C)(C)OC(=O)N[C@H]1CCCCC/C=C\[C@H]2C[C@@]2(C(=O)NS(=O)(=O)C2CC2)NC(=O)[C@@H]2C[C@@H](NC(=O)c3ccc(Cl)cc3)CN2C1=O. The molecule has 1 aromatic rings. The lowest BCUT2D eigenvalue weighted by Crippen LogP contribution is -2.58. The van der Waals surface area contributed by atoms with Crippen molar-refractivity contribution >= 4 is 51.3 Å². The summed E-state index contributed by atoms with van der Waals surface area (Å²) in [6, 6.07) is 3.48. The van der Waals surface area contributed by atoms with Crippen LogP contribution in [0.1, 0.15) is 88.9 Å². The predicted octanol–water partition coefficient (Wildman–Crippen LogP) is 2.94. The molecule has 2 heterocycles. The van der Waals surface area contributed by atoms with Crippen LogP contribution >= 0.6 is 11.6 Å². The van der Waals surface area contributed by atoms with Gasteiger partial charge < -0.3 is 25.6 Å². The van der Waals surface area contributed by atoms with Gasteiger partial charge in [-0.25, -0.2) is 13.2 Å². The molecule has 13 nitrogen and oxygen atoms in total. The Hall–Kier alpha value is -3.65. The number of carbonyl (C=O) groups excluding carboxylic acids is 5. The molecule has 1 saturated heterocycles. The summed E-state index contributed by atoms with van der Waals surface area (Å²) in [6.07, 6.45) is 7.25. The average Bonchev–Trinajstić information content (AvgIpc) is 3.92. The maximum atomic E-state index is 14.2. The molecule has 4 N–H and O–H groups in total. The van der Waals surface area contributed by atoms with Gasteiger partial charge in [0.05, 0.1) is 5.25 Å². The van der Waals surface area contributed by atoms with E-state index in [1.165, 1.54) is 4.90 Å². The van der Waals surface area contributed by atoms with Gasteiger partial charge in [-0.05, 0) is 90.0 Å². The molecule has 2 aliphatic carbocycles. The molecule has 4 aliphatic rings. The van der Waals surface area contributed by atoms with Crippen LogP contribution < -0.4 is 20.7 Å².